The molecule has 0 saturated heterocycles. The zero-order valence-corrected chi connectivity index (χ0v) is 10.7. The van der Waals surface area contributed by atoms with Gasteiger partial charge in [0.2, 0.25) is 0 Å². The number of H-pyrrole nitrogens is 1. The van der Waals surface area contributed by atoms with Crippen molar-refractivity contribution in [2.24, 2.45) is 0 Å². The van der Waals surface area contributed by atoms with E-state index in [9.17, 15) is 4.39 Å². The van der Waals surface area contributed by atoms with E-state index in [-0.39, 0.29) is 5.02 Å². The van der Waals surface area contributed by atoms with Crippen molar-refractivity contribution in [2.45, 2.75) is 6.54 Å². The predicted octanol–water partition coefficient (Wildman–Crippen LogP) is 3.97. The van der Waals surface area contributed by atoms with Crippen LogP contribution in [0.25, 0.3) is 10.9 Å². The molecule has 0 bridgehead atoms. The molecule has 0 spiro atoms. The van der Waals surface area contributed by atoms with Crippen LogP contribution < -0.4 is 5.32 Å². The zero-order valence-electron chi connectivity index (χ0n) is 9.95. The number of nitrogens with zero attached hydrogens (tertiary/aromatic N) is 1. The summed E-state index contributed by atoms with van der Waals surface area (Å²) in [5.74, 6) is -0.397. The maximum absolute atomic E-state index is 13.3. The standard InChI is InChI=1S/C14H11ClFN3/c15-12-3-1-9(5-13(12)16)7-17-11-2-4-14-10(6-11)8-18-19-14/h1-6,8,17H,7H2,(H,18,19). The zero-order chi connectivity index (χ0) is 13.2. The number of aromatic nitrogens is 2. The van der Waals surface area contributed by atoms with E-state index in [1.807, 2.05) is 18.2 Å². The average molecular weight is 276 g/mol. The van der Waals surface area contributed by atoms with E-state index in [0.29, 0.717) is 6.54 Å². The van der Waals surface area contributed by atoms with Crippen molar-refractivity contribution < 1.29 is 4.39 Å². The van der Waals surface area contributed by atoms with Gasteiger partial charge in [0.15, 0.2) is 0 Å². The Morgan fingerprint density at radius 2 is 2.11 bits per heavy atom. The number of anilines is 1. The number of nitrogens with one attached hydrogen (secondary N) is 2. The summed E-state index contributed by atoms with van der Waals surface area (Å²) in [4.78, 5) is 0. The van der Waals surface area contributed by atoms with E-state index < -0.39 is 5.82 Å². The fraction of sp³-hybridized carbons (Fsp3) is 0.0714. The molecule has 0 saturated carbocycles. The van der Waals surface area contributed by atoms with Crippen molar-refractivity contribution >= 4 is 28.2 Å². The third-order valence-corrected chi connectivity index (χ3v) is 3.23. The Labute approximate surface area is 114 Å². The molecule has 1 aromatic heterocycles. The molecule has 3 rings (SSSR count). The van der Waals surface area contributed by atoms with Gasteiger partial charge in [-0.2, -0.15) is 5.10 Å². The maximum Gasteiger partial charge on any atom is 0.142 e. The highest BCUT2D eigenvalue weighted by molar-refractivity contribution is 6.30. The van der Waals surface area contributed by atoms with Crippen molar-refractivity contribution in [1.29, 1.82) is 0 Å². The normalized spacial score (nSPS) is 10.8. The molecule has 3 nitrogen and oxygen atoms in total. The van der Waals surface area contributed by atoms with Gasteiger partial charge in [0.05, 0.1) is 16.7 Å². The van der Waals surface area contributed by atoms with Crippen LogP contribution in [0.3, 0.4) is 0 Å². The monoisotopic (exact) mass is 275 g/mol. The lowest BCUT2D eigenvalue weighted by atomic mass is 10.2. The molecule has 0 aliphatic heterocycles. The lowest BCUT2D eigenvalue weighted by molar-refractivity contribution is 0.626. The van der Waals surface area contributed by atoms with E-state index in [2.05, 4.69) is 15.5 Å². The van der Waals surface area contributed by atoms with E-state index in [1.165, 1.54) is 6.07 Å². The summed E-state index contributed by atoms with van der Waals surface area (Å²) in [7, 11) is 0. The van der Waals surface area contributed by atoms with Gasteiger partial charge in [0.25, 0.3) is 0 Å². The average Bonchev–Trinajstić information content (AvgIpc) is 2.87. The molecule has 0 atom stereocenters. The van der Waals surface area contributed by atoms with E-state index in [1.54, 1.807) is 18.3 Å². The van der Waals surface area contributed by atoms with Crippen LogP contribution in [0, 0.1) is 5.82 Å². The smallest absolute Gasteiger partial charge is 0.142 e. The van der Waals surface area contributed by atoms with Gasteiger partial charge in [-0.25, -0.2) is 4.39 Å². The first-order valence-electron chi connectivity index (χ1n) is 5.83. The second-order valence-corrected chi connectivity index (χ2v) is 4.68. The summed E-state index contributed by atoms with van der Waals surface area (Å²) in [6.07, 6.45) is 1.77. The third kappa shape index (κ3) is 2.53. The van der Waals surface area contributed by atoms with Crippen molar-refractivity contribution in [1.82, 2.24) is 10.2 Å². The summed E-state index contributed by atoms with van der Waals surface area (Å²) >= 11 is 5.64. The fourth-order valence-corrected chi connectivity index (χ4v) is 2.02. The van der Waals surface area contributed by atoms with Gasteiger partial charge in [-0.3, -0.25) is 5.10 Å². The summed E-state index contributed by atoms with van der Waals surface area (Å²) in [6, 6.07) is 10.7. The van der Waals surface area contributed by atoms with Crippen LogP contribution in [-0.2, 0) is 6.54 Å². The van der Waals surface area contributed by atoms with Gasteiger partial charge in [-0.05, 0) is 35.9 Å². The van der Waals surface area contributed by atoms with Crippen molar-refractivity contribution in [2.75, 3.05) is 5.32 Å². The number of aromatic amines is 1. The SMILES string of the molecule is Fc1cc(CNc2ccc3[nH]ncc3c2)ccc1Cl. The molecular weight excluding hydrogens is 265 g/mol. The first kappa shape index (κ1) is 12.0. The van der Waals surface area contributed by atoms with Crippen LogP contribution in [0.5, 0.6) is 0 Å². The van der Waals surface area contributed by atoms with Crippen LogP contribution in [0.2, 0.25) is 5.02 Å². The highest BCUT2D eigenvalue weighted by Crippen LogP contribution is 2.19. The van der Waals surface area contributed by atoms with Gasteiger partial charge in [0.1, 0.15) is 5.82 Å². The lowest BCUT2D eigenvalue weighted by Crippen LogP contribution is -1.99. The second kappa shape index (κ2) is 4.90. The summed E-state index contributed by atoms with van der Waals surface area (Å²) in [5, 5.41) is 11.3. The number of halogens is 2. The summed E-state index contributed by atoms with van der Waals surface area (Å²) in [5.41, 5.74) is 2.79. The molecule has 2 N–H and O–H groups in total. The molecule has 96 valence electrons. The Bertz CT molecular complexity index is 724. The molecule has 0 radical (unpaired) electrons. The minimum Gasteiger partial charge on any atom is -0.381 e. The number of hydrogen-bond donors (Lipinski definition) is 2. The number of hydrogen-bond acceptors (Lipinski definition) is 2. The Morgan fingerprint density at radius 3 is 2.95 bits per heavy atom. The molecule has 0 fully saturated rings. The molecule has 1 heterocycles. The molecule has 5 heteroatoms. The second-order valence-electron chi connectivity index (χ2n) is 4.27. The van der Waals surface area contributed by atoms with Crippen molar-refractivity contribution in [3.05, 3.63) is 59.0 Å². The van der Waals surface area contributed by atoms with Crippen LogP contribution >= 0.6 is 11.6 Å². The van der Waals surface area contributed by atoms with Crippen LogP contribution in [-0.4, -0.2) is 10.2 Å². The van der Waals surface area contributed by atoms with Crippen molar-refractivity contribution in [3.63, 3.8) is 0 Å². The van der Waals surface area contributed by atoms with Gasteiger partial charge < -0.3 is 5.32 Å². The van der Waals surface area contributed by atoms with Gasteiger partial charge in [-0.15, -0.1) is 0 Å². The Balaban J connectivity index is 1.75. The quantitative estimate of drug-likeness (QED) is 0.759. The van der Waals surface area contributed by atoms with Gasteiger partial charge >= 0.3 is 0 Å². The molecule has 0 amide bonds. The Morgan fingerprint density at radius 1 is 1.21 bits per heavy atom. The molecular formula is C14H11ClFN3. The summed E-state index contributed by atoms with van der Waals surface area (Å²) in [6.45, 7) is 0.539. The van der Waals surface area contributed by atoms with Crippen LogP contribution in [0.1, 0.15) is 5.56 Å². The first-order valence-corrected chi connectivity index (χ1v) is 6.21. The van der Waals surface area contributed by atoms with E-state index in [0.717, 1.165) is 22.2 Å². The number of rotatable bonds is 3. The van der Waals surface area contributed by atoms with E-state index in [4.69, 9.17) is 11.6 Å². The largest absolute Gasteiger partial charge is 0.381 e. The van der Waals surface area contributed by atoms with Crippen LogP contribution in [0.15, 0.2) is 42.6 Å². The number of benzene rings is 2. The minimum absolute atomic E-state index is 0.142. The van der Waals surface area contributed by atoms with Gasteiger partial charge in [-0.1, -0.05) is 17.7 Å². The molecule has 3 aromatic rings. The van der Waals surface area contributed by atoms with E-state index >= 15 is 0 Å². The summed E-state index contributed by atoms with van der Waals surface area (Å²) < 4.78 is 13.3. The molecule has 0 aliphatic rings. The predicted molar refractivity (Wildman–Crippen MR) is 74.8 cm³/mol. The topological polar surface area (TPSA) is 40.7 Å². The highest BCUT2D eigenvalue weighted by Gasteiger charge is 2.02. The highest BCUT2D eigenvalue weighted by atomic mass is 35.5. The fourth-order valence-electron chi connectivity index (χ4n) is 1.91. The molecule has 2 aromatic carbocycles. The van der Waals surface area contributed by atoms with Crippen LogP contribution in [0.4, 0.5) is 10.1 Å². The molecule has 19 heavy (non-hydrogen) atoms. The maximum atomic E-state index is 13.3. The number of fused-ring (bicyclic) bond motifs is 1. The molecule has 0 unspecified atom stereocenters. The third-order valence-electron chi connectivity index (χ3n) is 2.92. The molecule has 0 aliphatic carbocycles. The lowest BCUT2D eigenvalue weighted by Gasteiger charge is -2.07. The first-order chi connectivity index (χ1) is 9.22. The minimum atomic E-state index is -0.397. The van der Waals surface area contributed by atoms with Gasteiger partial charge in [0, 0.05) is 17.6 Å². The Hall–Kier alpha value is -2.07. The Kier molecular flexibility index (Phi) is 3.09. The van der Waals surface area contributed by atoms with Crippen molar-refractivity contribution in [3.8, 4) is 0 Å².